The molecular weight excluding hydrogens is 124 g/mol. The first-order valence-corrected chi connectivity index (χ1v) is 3.82. The molecule has 1 unspecified atom stereocenters. The normalized spacial score (nSPS) is 25.7. The second kappa shape index (κ2) is 3.57. The summed E-state index contributed by atoms with van der Waals surface area (Å²) in [5.41, 5.74) is 1.15. The first-order valence-electron chi connectivity index (χ1n) is 3.82. The maximum atomic E-state index is 9.38. The summed E-state index contributed by atoms with van der Waals surface area (Å²) in [5.74, 6) is 0. The van der Waals surface area contributed by atoms with Crippen molar-refractivity contribution in [1.82, 2.24) is 0 Å². The van der Waals surface area contributed by atoms with Gasteiger partial charge in [0.05, 0.1) is 6.10 Å². The van der Waals surface area contributed by atoms with E-state index in [2.05, 4.69) is 12.7 Å². The number of allylic oxidation sites excluding steroid dienone is 2. The molecule has 1 aliphatic carbocycles. The van der Waals surface area contributed by atoms with Gasteiger partial charge in [0, 0.05) is 0 Å². The average molecular weight is 138 g/mol. The summed E-state index contributed by atoms with van der Waals surface area (Å²) >= 11 is 0. The number of hydrogen-bond acceptors (Lipinski definition) is 1. The molecule has 1 rings (SSSR count). The highest BCUT2D eigenvalue weighted by molar-refractivity contribution is 5.13. The van der Waals surface area contributed by atoms with Crippen LogP contribution < -0.4 is 0 Å². The maximum absolute atomic E-state index is 9.38. The molecule has 0 amide bonds. The van der Waals surface area contributed by atoms with Gasteiger partial charge in [-0.25, -0.2) is 0 Å². The van der Waals surface area contributed by atoms with Gasteiger partial charge >= 0.3 is 0 Å². The molecule has 0 radical (unpaired) electrons. The van der Waals surface area contributed by atoms with E-state index in [0.29, 0.717) is 0 Å². The summed E-state index contributed by atoms with van der Waals surface area (Å²) in [6.07, 6.45) is 7.82. The lowest BCUT2D eigenvalue weighted by molar-refractivity contribution is 0.189. The fraction of sp³-hybridized carbons (Fsp3) is 0.556. The molecule has 56 valence electrons. The summed E-state index contributed by atoms with van der Waals surface area (Å²) in [7, 11) is 0. The second-order valence-corrected chi connectivity index (χ2v) is 2.72. The molecule has 1 aliphatic rings. The Bertz CT molecular complexity index is 147. The van der Waals surface area contributed by atoms with Gasteiger partial charge in [-0.2, -0.15) is 0 Å². The van der Waals surface area contributed by atoms with Crippen molar-refractivity contribution < 1.29 is 5.11 Å². The zero-order chi connectivity index (χ0) is 7.40. The molecule has 0 aromatic heterocycles. The van der Waals surface area contributed by atoms with Gasteiger partial charge in [-0.05, 0) is 31.3 Å². The molecule has 0 saturated carbocycles. The first-order chi connectivity index (χ1) is 4.84. The van der Waals surface area contributed by atoms with Gasteiger partial charge in [-0.3, -0.25) is 0 Å². The van der Waals surface area contributed by atoms with Crippen molar-refractivity contribution in [2.45, 2.75) is 31.8 Å². The minimum atomic E-state index is -0.188. The molecule has 0 aliphatic heterocycles. The smallest absolute Gasteiger partial charge is 0.0753 e. The van der Waals surface area contributed by atoms with Gasteiger partial charge in [-0.15, -0.1) is 6.58 Å². The minimum Gasteiger partial charge on any atom is -0.389 e. The third kappa shape index (κ3) is 1.71. The number of rotatable bonds is 2. The zero-order valence-corrected chi connectivity index (χ0v) is 6.21. The molecule has 1 N–H and O–H groups in total. The van der Waals surface area contributed by atoms with Crippen molar-refractivity contribution in [3.05, 3.63) is 24.3 Å². The van der Waals surface area contributed by atoms with Crippen molar-refractivity contribution in [1.29, 1.82) is 0 Å². The molecule has 1 heteroatoms. The largest absolute Gasteiger partial charge is 0.389 e. The lowest BCUT2D eigenvalue weighted by Gasteiger charge is -2.17. The highest BCUT2D eigenvalue weighted by Gasteiger charge is 2.12. The Morgan fingerprint density at radius 1 is 1.80 bits per heavy atom. The molecule has 0 bridgehead atoms. The fourth-order valence-corrected chi connectivity index (χ4v) is 1.31. The molecule has 0 spiro atoms. The van der Waals surface area contributed by atoms with E-state index in [-0.39, 0.29) is 6.10 Å². The summed E-state index contributed by atoms with van der Waals surface area (Å²) in [6, 6.07) is 0. The summed E-state index contributed by atoms with van der Waals surface area (Å²) in [4.78, 5) is 0. The SMILES string of the molecule is C=CCC1=CCCCC1O. The van der Waals surface area contributed by atoms with E-state index in [1.807, 2.05) is 6.08 Å². The molecule has 10 heavy (non-hydrogen) atoms. The number of aliphatic hydroxyl groups is 1. The van der Waals surface area contributed by atoms with Gasteiger partial charge in [0.25, 0.3) is 0 Å². The van der Waals surface area contributed by atoms with Crippen molar-refractivity contribution >= 4 is 0 Å². The molecule has 0 aromatic carbocycles. The van der Waals surface area contributed by atoms with Gasteiger partial charge in [-0.1, -0.05) is 12.2 Å². The highest BCUT2D eigenvalue weighted by Crippen LogP contribution is 2.20. The van der Waals surface area contributed by atoms with Crippen LogP contribution in [0.2, 0.25) is 0 Å². The number of aliphatic hydroxyl groups excluding tert-OH is 1. The standard InChI is InChI=1S/C9H14O/c1-2-5-8-6-3-4-7-9(8)10/h2,6,9-10H,1,3-5,7H2. The van der Waals surface area contributed by atoms with Gasteiger partial charge in [0.1, 0.15) is 0 Å². The molecule has 0 aromatic rings. The Morgan fingerprint density at radius 2 is 2.60 bits per heavy atom. The van der Waals surface area contributed by atoms with Gasteiger partial charge in [0.15, 0.2) is 0 Å². The zero-order valence-electron chi connectivity index (χ0n) is 6.21. The number of hydrogen-bond donors (Lipinski definition) is 1. The van der Waals surface area contributed by atoms with Crippen molar-refractivity contribution in [3.8, 4) is 0 Å². The molecule has 0 saturated heterocycles. The second-order valence-electron chi connectivity index (χ2n) is 2.72. The maximum Gasteiger partial charge on any atom is 0.0753 e. The van der Waals surface area contributed by atoms with Crippen LogP contribution in [-0.2, 0) is 0 Å². The van der Waals surface area contributed by atoms with Gasteiger partial charge < -0.3 is 5.11 Å². The topological polar surface area (TPSA) is 20.2 Å². The average Bonchev–Trinajstić information content (AvgIpc) is 1.94. The van der Waals surface area contributed by atoms with E-state index < -0.39 is 0 Å². The van der Waals surface area contributed by atoms with Crippen LogP contribution in [-0.4, -0.2) is 11.2 Å². The predicted octanol–water partition coefficient (Wildman–Crippen LogP) is 2.03. The van der Waals surface area contributed by atoms with Crippen LogP contribution in [0.4, 0.5) is 0 Å². The third-order valence-electron chi connectivity index (χ3n) is 1.90. The minimum absolute atomic E-state index is 0.188. The van der Waals surface area contributed by atoms with Crippen LogP contribution in [0.25, 0.3) is 0 Å². The van der Waals surface area contributed by atoms with Crippen molar-refractivity contribution in [3.63, 3.8) is 0 Å². The van der Waals surface area contributed by atoms with Crippen molar-refractivity contribution in [2.24, 2.45) is 0 Å². The Morgan fingerprint density at radius 3 is 3.20 bits per heavy atom. The van der Waals surface area contributed by atoms with E-state index in [1.165, 1.54) is 0 Å². The third-order valence-corrected chi connectivity index (χ3v) is 1.90. The highest BCUT2D eigenvalue weighted by atomic mass is 16.3. The Balaban J connectivity index is 2.52. The van der Waals surface area contributed by atoms with Gasteiger partial charge in [0.2, 0.25) is 0 Å². The van der Waals surface area contributed by atoms with Crippen LogP contribution in [0, 0.1) is 0 Å². The van der Waals surface area contributed by atoms with Crippen LogP contribution in [0.1, 0.15) is 25.7 Å². The van der Waals surface area contributed by atoms with E-state index in [4.69, 9.17) is 0 Å². The molecule has 0 heterocycles. The first kappa shape index (κ1) is 7.55. The summed E-state index contributed by atoms with van der Waals surface area (Å²) < 4.78 is 0. The molecular formula is C9H14O. The van der Waals surface area contributed by atoms with E-state index in [9.17, 15) is 5.11 Å². The van der Waals surface area contributed by atoms with E-state index in [0.717, 1.165) is 31.3 Å². The molecule has 1 atom stereocenters. The van der Waals surface area contributed by atoms with Crippen LogP contribution in [0.15, 0.2) is 24.3 Å². The predicted molar refractivity (Wildman–Crippen MR) is 42.8 cm³/mol. The molecule has 1 nitrogen and oxygen atoms in total. The Kier molecular flexibility index (Phi) is 2.69. The molecule has 0 fully saturated rings. The quantitative estimate of drug-likeness (QED) is 0.579. The summed E-state index contributed by atoms with van der Waals surface area (Å²) in [5, 5.41) is 9.38. The Labute approximate surface area is 62.1 Å². The monoisotopic (exact) mass is 138 g/mol. The summed E-state index contributed by atoms with van der Waals surface area (Å²) in [6.45, 7) is 3.64. The lowest BCUT2D eigenvalue weighted by atomic mass is 9.94. The fourth-order valence-electron chi connectivity index (χ4n) is 1.31. The van der Waals surface area contributed by atoms with Crippen LogP contribution >= 0.6 is 0 Å². The van der Waals surface area contributed by atoms with E-state index in [1.54, 1.807) is 0 Å². The van der Waals surface area contributed by atoms with Crippen LogP contribution in [0.5, 0.6) is 0 Å². The van der Waals surface area contributed by atoms with Crippen molar-refractivity contribution in [2.75, 3.05) is 0 Å². The van der Waals surface area contributed by atoms with E-state index >= 15 is 0 Å². The van der Waals surface area contributed by atoms with Crippen LogP contribution in [0.3, 0.4) is 0 Å². The lowest BCUT2D eigenvalue weighted by Crippen LogP contribution is -2.12. The Hall–Kier alpha value is -0.560.